The van der Waals surface area contributed by atoms with Gasteiger partial charge in [0.2, 0.25) is 5.89 Å². The molecule has 0 spiro atoms. The minimum absolute atomic E-state index is 0.105. The summed E-state index contributed by atoms with van der Waals surface area (Å²) in [7, 11) is 0. The molecule has 112 valence electrons. The second kappa shape index (κ2) is 7.00. The van der Waals surface area contributed by atoms with Crippen molar-refractivity contribution in [1.82, 2.24) is 10.1 Å². The van der Waals surface area contributed by atoms with Gasteiger partial charge >= 0.3 is 0 Å². The van der Waals surface area contributed by atoms with Crippen molar-refractivity contribution in [3.8, 4) is 0 Å². The van der Waals surface area contributed by atoms with E-state index in [1.54, 1.807) is 6.92 Å². The predicted octanol–water partition coefficient (Wildman–Crippen LogP) is 4.23. The first kappa shape index (κ1) is 15.2. The summed E-state index contributed by atoms with van der Waals surface area (Å²) in [5.74, 6) is 1.77. The number of carbonyl (C=O) groups excluding carboxylic acids is 1. The lowest BCUT2D eigenvalue weighted by molar-refractivity contribution is -0.119. The van der Waals surface area contributed by atoms with Gasteiger partial charge in [-0.05, 0) is 25.7 Å². The normalized spacial score (nSPS) is 19.6. The lowest BCUT2D eigenvalue weighted by Gasteiger charge is -2.16. The highest BCUT2D eigenvalue weighted by atomic mass is 16.5. The van der Waals surface area contributed by atoms with E-state index in [1.807, 2.05) is 13.8 Å². The standard InChI is InChI=1S/C16H26N2O2/c1-11(2)14(12(3)19)16-17-15(18-20-16)13-9-7-5-4-6-8-10-13/h11,13-14H,4-10H2,1-3H3. The van der Waals surface area contributed by atoms with Crippen molar-refractivity contribution in [2.45, 2.75) is 77.6 Å². The van der Waals surface area contributed by atoms with Gasteiger partial charge in [-0.2, -0.15) is 4.98 Å². The summed E-state index contributed by atoms with van der Waals surface area (Å²) in [6, 6.07) is 0. The lowest BCUT2D eigenvalue weighted by atomic mass is 9.90. The molecule has 4 heteroatoms. The van der Waals surface area contributed by atoms with Crippen LogP contribution in [0, 0.1) is 5.92 Å². The molecule has 1 fully saturated rings. The molecule has 0 aliphatic heterocycles. The average molecular weight is 278 g/mol. The molecule has 1 aromatic rings. The van der Waals surface area contributed by atoms with E-state index < -0.39 is 0 Å². The second-order valence-electron chi connectivity index (χ2n) is 6.37. The van der Waals surface area contributed by atoms with Crippen LogP contribution in [0.15, 0.2) is 4.52 Å². The largest absolute Gasteiger partial charge is 0.339 e. The van der Waals surface area contributed by atoms with Gasteiger partial charge in [0.1, 0.15) is 5.78 Å². The van der Waals surface area contributed by atoms with Gasteiger partial charge in [0, 0.05) is 5.92 Å². The maximum Gasteiger partial charge on any atom is 0.237 e. The Bertz CT molecular complexity index is 431. The van der Waals surface area contributed by atoms with Crippen LogP contribution in [0.3, 0.4) is 0 Å². The first-order valence-electron chi connectivity index (χ1n) is 7.93. The van der Waals surface area contributed by atoms with Crippen molar-refractivity contribution in [1.29, 1.82) is 0 Å². The maximum atomic E-state index is 11.7. The van der Waals surface area contributed by atoms with Crippen molar-refractivity contribution < 1.29 is 9.32 Å². The number of carbonyl (C=O) groups is 1. The fourth-order valence-corrected chi connectivity index (χ4v) is 3.18. The van der Waals surface area contributed by atoms with Crippen LogP contribution in [-0.2, 0) is 4.79 Å². The fourth-order valence-electron chi connectivity index (χ4n) is 3.18. The van der Waals surface area contributed by atoms with Crippen LogP contribution in [0.2, 0.25) is 0 Å². The van der Waals surface area contributed by atoms with Crippen molar-refractivity contribution in [2.24, 2.45) is 5.92 Å². The quantitative estimate of drug-likeness (QED) is 0.827. The minimum atomic E-state index is -0.259. The highest BCUT2D eigenvalue weighted by molar-refractivity contribution is 5.82. The van der Waals surface area contributed by atoms with E-state index in [2.05, 4.69) is 10.1 Å². The number of aromatic nitrogens is 2. The lowest BCUT2D eigenvalue weighted by Crippen LogP contribution is -2.16. The Morgan fingerprint density at radius 1 is 1.15 bits per heavy atom. The Balaban J connectivity index is 2.12. The molecule has 1 atom stereocenters. The summed E-state index contributed by atoms with van der Waals surface area (Å²) in [6.45, 7) is 5.64. The van der Waals surface area contributed by atoms with Crippen LogP contribution in [0.4, 0.5) is 0 Å². The van der Waals surface area contributed by atoms with E-state index in [9.17, 15) is 4.79 Å². The Labute approximate surface area is 121 Å². The van der Waals surface area contributed by atoms with Gasteiger partial charge in [-0.1, -0.05) is 51.1 Å². The van der Waals surface area contributed by atoms with Crippen molar-refractivity contribution in [3.05, 3.63) is 11.7 Å². The molecule has 2 rings (SSSR count). The number of rotatable bonds is 4. The molecule has 1 aromatic heterocycles. The van der Waals surface area contributed by atoms with E-state index in [0.29, 0.717) is 11.8 Å². The van der Waals surface area contributed by atoms with Gasteiger partial charge < -0.3 is 4.52 Å². The van der Waals surface area contributed by atoms with Gasteiger partial charge in [-0.15, -0.1) is 0 Å². The van der Waals surface area contributed by atoms with Crippen LogP contribution in [0.25, 0.3) is 0 Å². The van der Waals surface area contributed by atoms with Gasteiger partial charge in [0.05, 0.1) is 5.92 Å². The number of nitrogens with zero attached hydrogens (tertiary/aromatic N) is 2. The van der Waals surface area contributed by atoms with E-state index in [0.717, 1.165) is 18.7 Å². The first-order valence-corrected chi connectivity index (χ1v) is 7.93. The van der Waals surface area contributed by atoms with E-state index in [1.165, 1.54) is 32.1 Å². The molecule has 1 heterocycles. The first-order chi connectivity index (χ1) is 9.59. The summed E-state index contributed by atoms with van der Waals surface area (Å²) in [6.07, 6.45) is 8.75. The highest BCUT2D eigenvalue weighted by Crippen LogP contribution is 2.31. The number of Topliss-reactive ketones (excluding diaryl/α,β-unsaturated/α-hetero) is 1. The summed E-state index contributed by atoms with van der Waals surface area (Å²) in [4.78, 5) is 16.3. The van der Waals surface area contributed by atoms with Crippen LogP contribution in [-0.4, -0.2) is 15.9 Å². The number of ketones is 1. The maximum absolute atomic E-state index is 11.7. The summed E-state index contributed by atoms with van der Waals surface area (Å²) in [5.41, 5.74) is 0. The van der Waals surface area contributed by atoms with Crippen molar-refractivity contribution in [2.75, 3.05) is 0 Å². The van der Waals surface area contributed by atoms with Crippen LogP contribution < -0.4 is 0 Å². The topological polar surface area (TPSA) is 56.0 Å². The Kier molecular flexibility index (Phi) is 5.32. The second-order valence-corrected chi connectivity index (χ2v) is 6.37. The Morgan fingerprint density at radius 3 is 2.30 bits per heavy atom. The minimum Gasteiger partial charge on any atom is -0.339 e. The van der Waals surface area contributed by atoms with Gasteiger partial charge in [0.15, 0.2) is 5.82 Å². The van der Waals surface area contributed by atoms with Gasteiger partial charge in [-0.3, -0.25) is 4.79 Å². The number of hydrogen-bond donors (Lipinski definition) is 0. The molecule has 0 saturated heterocycles. The molecule has 4 nitrogen and oxygen atoms in total. The zero-order chi connectivity index (χ0) is 14.5. The van der Waals surface area contributed by atoms with Crippen molar-refractivity contribution >= 4 is 5.78 Å². The SMILES string of the molecule is CC(=O)C(c1nc(C2CCCCCCC2)no1)C(C)C. The molecule has 1 saturated carbocycles. The molecule has 0 N–H and O–H groups in total. The van der Waals surface area contributed by atoms with Gasteiger partial charge in [0.25, 0.3) is 0 Å². The fraction of sp³-hybridized carbons (Fsp3) is 0.812. The van der Waals surface area contributed by atoms with Gasteiger partial charge in [-0.25, -0.2) is 0 Å². The third-order valence-electron chi connectivity index (χ3n) is 4.30. The zero-order valence-electron chi connectivity index (χ0n) is 12.9. The van der Waals surface area contributed by atoms with Crippen LogP contribution in [0.1, 0.15) is 89.3 Å². The summed E-state index contributed by atoms with van der Waals surface area (Å²) < 4.78 is 5.39. The highest BCUT2D eigenvalue weighted by Gasteiger charge is 2.28. The van der Waals surface area contributed by atoms with E-state index >= 15 is 0 Å². The third kappa shape index (κ3) is 3.68. The zero-order valence-corrected chi connectivity index (χ0v) is 12.9. The average Bonchev–Trinajstić information content (AvgIpc) is 2.76. The molecular weight excluding hydrogens is 252 g/mol. The monoisotopic (exact) mass is 278 g/mol. The van der Waals surface area contributed by atoms with E-state index in [-0.39, 0.29) is 17.6 Å². The molecule has 1 aliphatic rings. The summed E-state index contributed by atoms with van der Waals surface area (Å²) in [5, 5.41) is 4.16. The van der Waals surface area contributed by atoms with E-state index in [4.69, 9.17) is 4.52 Å². The number of hydrogen-bond acceptors (Lipinski definition) is 4. The smallest absolute Gasteiger partial charge is 0.237 e. The summed E-state index contributed by atoms with van der Waals surface area (Å²) >= 11 is 0. The van der Waals surface area contributed by atoms with Crippen LogP contribution >= 0.6 is 0 Å². The molecular formula is C16H26N2O2. The molecule has 0 aromatic carbocycles. The molecule has 0 radical (unpaired) electrons. The molecule has 20 heavy (non-hydrogen) atoms. The molecule has 0 bridgehead atoms. The molecule has 1 aliphatic carbocycles. The molecule has 0 amide bonds. The predicted molar refractivity (Wildman–Crippen MR) is 77.6 cm³/mol. The Morgan fingerprint density at radius 2 is 1.75 bits per heavy atom. The van der Waals surface area contributed by atoms with Crippen molar-refractivity contribution in [3.63, 3.8) is 0 Å². The molecule has 1 unspecified atom stereocenters. The Hall–Kier alpha value is -1.19. The third-order valence-corrected chi connectivity index (χ3v) is 4.30. The van der Waals surface area contributed by atoms with Crippen LogP contribution in [0.5, 0.6) is 0 Å².